The molecule has 1 amide bonds. The van der Waals surface area contributed by atoms with Gasteiger partial charge in [-0.3, -0.25) is 4.79 Å². The third kappa shape index (κ3) is 4.19. The molecule has 0 saturated heterocycles. The molecular formula is C19H21NO3. The summed E-state index contributed by atoms with van der Waals surface area (Å²) in [5, 5.41) is 2.77. The Morgan fingerprint density at radius 2 is 1.61 bits per heavy atom. The molecule has 23 heavy (non-hydrogen) atoms. The molecule has 0 radical (unpaired) electrons. The molecule has 2 aromatic carbocycles. The number of ether oxygens (including phenoxy) is 1. The fourth-order valence-electron chi connectivity index (χ4n) is 2.54. The minimum absolute atomic E-state index is 0.285. The SMILES string of the molecule is COC(=O)[C@H](Cc1c(C)cccc1C)NC(=O)c1ccccc1. The summed E-state index contributed by atoms with van der Waals surface area (Å²) in [6, 6.07) is 14.1. The first kappa shape index (κ1) is 16.7. The number of hydrogen-bond donors (Lipinski definition) is 1. The normalized spacial score (nSPS) is 11.6. The van der Waals surface area contributed by atoms with Gasteiger partial charge < -0.3 is 10.1 Å². The summed E-state index contributed by atoms with van der Waals surface area (Å²) >= 11 is 0. The molecule has 4 heteroatoms. The predicted molar refractivity (Wildman–Crippen MR) is 89.3 cm³/mol. The smallest absolute Gasteiger partial charge is 0.328 e. The molecule has 0 bridgehead atoms. The van der Waals surface area contributed by atoms with Crippen molar-refractivity contribution < 1.29 is 14.3 Å². The van der Waals surface area contributed by atoms with Crippen LogP contribution < -0.4 is 5.32 Å². The minimum Gasteiger partial charge on any atom is -0.467 e. The summed E-state index contributed by atoms with van der Waals surface area (Å²) in [5.74, 6) is -0.732. The third-order valence-electron chi connectivity index (χ3n) is 3.88. The maximum atomic E-state index is 12.3. The topological polar surface area (TPSA) is 55.4 Å². The van der Waals surface area contributed by atoms with E-state index in [1.54, 1.807) is 24.3 Å². The van der Waals surface area contributed by atoms with Crippen LogP contribution in [0.2, 0.25) is 0 Å². The quantitative estimate of drug-likeness (QED) is 0.864. The second-order valence-electron chi connectivity index (χ2n) is 5.49. The van der Waals surface area contributed by atoms with Crippen molar-refractivity contribution in [2.45, 2.75) is 26.3 Å². The molecule has 4 nitrogen and oxygen atoms in total. The highest BCUT2D eigenvalue weighted by atomic mass is 16.5. The number of methoxy groups -OCH3 is 1. The van der Waals surface area contributed by atoms with Gasteiger partial charge >= 0.3 is 5.97 Å². The molecule has 2 aromatic rings. The summed E-state index contributed by atoms with van der Waals surface area (Å²) in [4.78, 5) is 24.4. The average Bonchev–Trinajstić information content (AvgIpc) is 2.57. The van der Waals surface area contributed by atoms with Crippen LogP contribution in [0, 0.1) is 13.8 Å². The lowest BCUT2D eigenvalue weighted by molar-refractivity contribution is -0.142. The summed E-state index contributed by atoms with van der Waals surface area (Å²) < 4.78 is 4.85. The highest BCUT2D eigenvalue weighted by molar-refractivity contribution is 5.96. The average molecular weight is 311 g/mol. The Kier molecular flexibility index (Phi) is 5.52. The van der Waals surface area contributed by atoms with E-state index in [0.717, 1.165) is 16.7 Å². The van der Waals surface area contributed by atoms with Crippen molar-refractivity contribution in [1.82, 2.24) is 5.32 Å². The minimum atomic E-state index is -0.715. The van der Waals surface area contributed by atoms with Gasteiger partial charge in [0.05, 0.1) is 7.11 Å². The maximum Gasteiger partial charge on any atom is 0.328 e. The monoisotopic (exact) mass is 311 g/mol. The van der Waals surface area contributed by atoms with E-state index >= 15 is 0 Å². The lowest BCUT2D eigenvalue weighted by atomic mass is 9.96. The van der Waals surface area contributed by atoms with E-state index in [0.29, 0.717) is 12.0 Å². The Labute approximate surface area is 136 Å². The van der Waals surface area contributed by atoms with Gasteiger partial charge in [0.2, 0.25) is 0 Å². The zero-order valence-electron chi connectivity index (χ0n) is 13.6. The van der Waals surface area contributed by atoms with Gasteiger partial charge in [0.25, 0.3) is 5.91 Å². The van der Waals surface area contributed by atoms with Crippen LogP contribution in [0.5, 0.6) is 0 Å². The Hall–Kier alpha value is -2.62. The first-order chi connectivity index (χ1) is 11.0. The predicted octanol–water partition coefficient (Wildman–Crippen LogP) is 2.82. The van der Waals surface area contributed by atoms with Crippen molar-refractivity contribution in [3.63, 3.8) is 0 Å². The first-order valence-electron chi connectivity index (χ1n) is 7.51. The summed E-state index contributed by atoms with van der Waals surface area (Å²) in [6.07, 6.45) is 0.407. The maximum absolute atomic E-state index is 12.3. The Morgan fingerprint density at radius 3 is 2.17 bits per heavy atom. The number of rotatable bonds is 5. The Balaban J connectivity index is 2.21. The van der Waals surface area contributed by atoms with Crippen molar-refractivity contribution in [2.75, 3.05) is 7.11 Å². The van der Waals surface area contributed by atoms with Crippen LogP contribution in [-0.4, -0.2) is 25.0 Å². The van der Waals surface area contributed by atoms with Gasteiger partial charge in [-0.05, 0) is 42.7 Å². The molecule has 0 aliphatic carbocycles. The summed E-state index contributed by atoms with van der Waals surface area (Å²) in [6.45, 7) is 3.99. The van der Waals surface area contributed by atoms with Gasteiger partial charge in [0.15, 0.2) is 0 Å². The second-order valence-corrected chi connectivity index (χ2v) is 5.49. The fraction of sp³-hybridized carbons (Fsp3) is 0.263. The molecule has 0 aliphatic rings. The third-order valence-corrected chi connectivity index (χ3v) is 3.88. The lowest BCUT2D eigenvalue weighted by Gasteiger charge is -2.19. The second kappa shape index (κ2) is 7.58. The number of carbonyl (C=O) groups is 2. The number of benzene rings is 2. The zero-order chi connectivity index (χ0) is 16.8. The number of nitrogens with one attached hydrogen (secondary N) is 1. The Morgan fingerprint density at radius 1 is 1.00 bits per heavy atom. The van der Waals surface area contributed by atoms with Crippen molar-refractivity contribution in [3.05, 3.63) is 70.8 Å². The van der Waals surface area contributed by atoms with E-state index in [1.807, 2.05) is 38.1 Å². The number of esters is 1. The van der Waals surface area contributed by atoms with Crippen molar-refractivity contribution in [3.8, 4) is 0 Å². The molecule has 0 fully saturated rings. The van der Waals surface area contributed by atoms with Crippen LogP contribution in [0.25, 0.3) is 0 Å². The van der Waals surface area contributed by atoms with Gasteiger partial charge in [-0.25, -0.2) is 4.79 Å². The molecule has 0 aliphatic heterocycles. The van der Waals surface area contributed by atoms with E-state index < -0.39 is 12.0 Å². The number of hydrogen-bond acceptors (Lipinski definition) is 3. The Bertz CT molecular complexity index is 675. The molecule has 2 rings (SSSR count). The molecule has 0 saturated carbocycles. The number of amides is 1. The first-order valence-corrected chi connectivity index (χ1v) is 7.51. The van der Waals surface area contributed by atoms with E-state index in [-0.39, 0.29) is 5.91 Å². The molecule has 0 aromatic heterocycles. The van der Waals surface area contributed by atoms with Crippen molar-refractivity contribution >= 4 is 11.9 Å². The van der Waals surface area contributed by atoms with Crippen LogP contribution in [0.1, 0.15) is 27.0 Å². The van der Waals surface area contributed by atoms with Crippen LogP contribution in [0.15, 0.2) is 48.5 Å². The van der Waals surface area contributed by atoms with Crippen LogP contribution >= 0.6 is 0 Å². The molecule has 120 valence electrons. The molecule has 1 N–H and O–H groups in total. The van der Waals surface area contributed by atoms with Crippen LogP contribution in [0.4, 0.5) is 0 Å². The van der Waals surface area contributed by atoms with Gasteiger partial charge in [-0.15, -0.1) is 0 Å². The van der Waals surface area contributed by atoms with Crippen molar-refractivity contribution in [1.29, 1.82) is 0 Å². The van der Waals surface area contributed by atoms with E-state index in [4.69, 9.17) is 4.74 Å². The lowest BCUT2D eigenvalue weighted by Crippen LogP contribution is -2.43. The van der Waals surface area contributed by atoms with Crippen LogP contribution in [0.3, 0.4) is 0 Å². The summed E-state index contributed by atoms with van der Waals surface area (Å²) in [5.41, 5.74) is 3.75. The van der Waals surface area contributed by atoms with Gasteiger partial charge in [-0.2, -0.15) is 0 Å². The standard InChI is InChI=1S/C19H21NO3/c1-13-8-7-9-14(2)16(13)12-17(19(22)23-3)20-18(21)15-10-5-4-6-11-15/h4-11,17H,12H2,1-3H3,(H,20,21)/t17-/m0/s1. The molecule has 0 unspecified atom stereocenters. The van der Waals surface area contributed by atoms with Gasteiger partial charge in [0.1, 0.15) is 6.04 Å². The van der Waals surface area contributed by atoms with E-state index in [2.05, 4.69) is 5.32 Å². The number of carbonyl (C=O) groups excluding carboxylic acids is 2. The fourth-order valence-corrected chi connectivity index (χ4v) is 2.54. The molecule has 0 heterocycles. The highest BCUT2D eigenvalue weighted by Gasteiger charge is 2.23. The summed E-state index contributed by atoms with van der Waals surface area (Å²) in [7, 11) is 1.33. The van der Waals surface area contributed by atoms with Gasteiger partial charge in [-0.1, -0.05) is 36.4 Å². The molecule has 1 atom stereocenters. The molecule has 0 spiro atoms. The zero-order valence-corrected chi connectivity index (χ0v) is 13.6. The largest absolute Gasteiger partial charge is 0.467 e. The van der Waals surface area contributed by atoms with Gasteiger partial charge in [0, 0.05) is 12.0 Å². The van der Waals surface area contributed by atoms with E-state index in [9.17, 15) is 9.59 Å². The van der Waals surface area contributed by atoms with Crippen molar-refractivity contribution in [2.24, 2.45) is 0 Å². The van der Waals surface area contributed by atoms with Crippen LogP contribution in [-0.2, 0) is 16.0 Å². The molecular weight excluding hydrogens is 290 g/mol. The number of aryl methyl sites for hydroxylation is 2. The highest BCUT2D eigenvalue weighted by Crippen LogP contribution is 2.16. The van der Waals surface area contributed by atoms with E-state index in [1.165, 1.54) is 7.11 Å².